The van der Waals surface area contributed by atoms with Crippen LogP contribution in [0.1, 0.15) is 13.3 Å². The van der Waals surface area contributed by atoms with Crippen molar-refractivity contribution < 1.29 is 25.6 Å². The van der Waals surface area contributed by atoms with Crippen molar-refractivity contribution in [2.45, 2.75) is 18.2 Å². The predicted molar refractivity (Wildman–Crippen MR) is 162 cm³/mol. The van der Waals surface area contributed by atoms with Crippen LogP contribution in [0.3, 0.4) is 0 Å². The minimum absolute atomic E-state index is 0.0924. The molecule has 0 atom stereocenters. The van der Waals surface area contributed by atoms with Gasteiger partial charge in [-0.3, -0.25) is 4.72 Å². The molecule has 3 aromatic heterocycles. The minimum Gasteiger partial charge on any atom is -0.329 e. The molecule has 5 aromatic rings. The molecule has 5 rings (SSSR count). The van der Waals surface area contributed by atoms with Crippen LogP contribution in [0, 0.1) is 11.6 Å². The fourth-order valence-electron chi connectivity index (χ4n) is 4.53. The van der Waals surface area contributed by atoms with Gasteiger partial charge in [0.25, 0.3) is 0 Å². The number of benzene rings is 2. The molecule has 0 saturated heterocycles. The summed E-state index contributed by atoms with van der Waals surface area (Å²) in [7, 11) is -5.71. The van der Waals surface area contributed by atoms with Gasteiger partial charge in [0.1, 0.15) is 23.6 Å². The highest BCUT2D eigenvalue weighted by Crippen LogP contribution is 2.36. The van der Waals surface area contributed by atoms with E-state index in [9.17, 15) is 16.8 Å². The van der Waals surface area contributed by atoms with Crippen molar-refractivity contribution in [1.82, 2.24) is 19.5 Å². The lowest BCUT2D eigenvalue weighted by Gasteiger charge is -2.19. The number of pyridine rings is 1. The number of rotatable bonds is 10. The van der Waals surface area contributed by atoms with E-state index in [1.807, 2.05) is 0 Å². The van der Waals surface area contributed by atoms with Crippen molar-refractivity contribution in [2.75, 3.05) is 22.4 Å². The SMILES string of the molecule is C=CS(=O)(=O)c1ccc(N(C)c2ccc3c(n2)c(-c2cncnc2)cn3-c2c(F)ccc(NS(=O)(=O)CCC)c2F)cc1. The van der Waals surface area contributed by atoms with Crippen LogP contribution < -0.4 is 9.62 Å². The molecule has 0 unspecified atom stereocenters. The first-order chi connectivity index (χ1) is 20.5. The predicted octanol–water partition coefficient (Wildman–Crippen LogP) is 5.60. The Morgan fingerprint density at radius 3 is 2.35 bits per heavy atom. The molecule has 0 radical (unpaired) electrons. The van der Waals surface area contributed by atoms with E-state index >= 15 is 8.78 Å². The summed E-state index contributed by atoms with van der Waals surface area (Å²) in [5.74, 6) is -1.79. The quantitative estimate of drug-likeness (QED) is 0.213. The number of hydrogen-bond donors (Lipinski definition) is 1. The molecule has 0 aliphatic heterocycles. The van der Waals surface area contributed by atoms with E-state index in [-0.39, 0.29) is 16.3 Å². The summed E-state index contributed by atoms with van der Waals surface area (Å²) in [6.45, 7) is 5.02. The van der Waals surface area contributed by atoms with Crippen molar-refractivity contribution in [3.8, 4) is 16.8 Å². The fraction of sp³-hybridized carbons (Fsp3) is 0.138. The molecular weight excluding hydrogens is 598 g/mol. The second-order valence-corrected chi connectivity index (χ2v) is 13.3. The number of anilines is 3. The van der Waals surface area contributed by atoms with Crippen LogP contribution in [-0.4, -0.2) is 49.2 Å². The Balaban J connectivity index is 1.66. The van der Waals surface area contributed by atoms with Gasteiger partial charge in [0.05, 0.1) is 27.4 Å². The molecule has 14 heteroatoms. The molecule has 0 aliphatic rings. The summed E-state index contributed by atoms with van der Waals surface area (Å²) in [6.07, 6.45) is 6.21. The maximum atomic E-state index is 15.8. The summed E-state index contributed by atoms with van der Waals surface area (Å²) in [5.41, 5.74) is 1.43. The van der Waals surface area contributed by atoms with Crippen molar-refractivity contribution in [2.24, 2.45) is 0 Å². The van der Waals surface area contributed by atoms with Gasteiger partial charge in [0.15, 0.2) is 15.7 Å². The van der Waals surface area contributed by atoms with E-state index in [1.54, 1.807) is 43.1 Å². The van der Waals surface area contributed by atoms with Gasteiger partial charge in [-0.2, -0.15) is 0 Å². The van der Waals surface area contributed by atoms with Crippen LogP contribution in [0.15, 0.2) is 90.3 Å². The normalized spacial score (nSPS) is 11.9. The van der Waals surface area contributed by atoms with E-state index in [4.69, 9.17) is 4.98 Å². The standard InChI is InChI=1S/C29H26F2N6O4S2/c1-4-14-43(40,41)35-24-11-10-23(30)29(27(24)31)37-17-22(19-15-32-18-33-16-19)28-25(37)12-13-26(34-28)36(3)20-6-8-21(9-7-20)42(38,39)5-2/h5-13,15-18,35H,2,4,14H2,1,3H3. The minimum atomic E-state index is -3.85. The number of halogens is 2. The highest BCUT2D eigenvalue weighted by atomic mass is 32.2. The zero-order chi connectivity index (χ0) is 30.9. The van der Waals surface area contributed by atoms with Crippen LogP contribution >= 0.6 is 0 Å². The molecule has 1 N–H and O–H groups in total. The molecule has 43 heavy (non-hydrogen) atoms. The first-order valence-corrected chi connectivity index (χ1v) is 16.1. The van der Waals surface area contributed by atoms with Crippen LogP contribution in [0.2, 0.25) is 0 Å². The number of hydrogen-bond acceptors (Lipinski definition) is 8. The molecule has 10 nitrogen and oxygen atoms in total. The highest BCUT2D eigenvalue weighted by molar-refractivity contribution is 7.94. The summed E-state index contributed by atoms with van der Waals surface area (Å²) in [6, 6.07) is 11.5. The van der Waals surface area contributed by atoms with Crippen molar-refractivity contribution >= 4 is 48.1 Å². The molecule has 0 spiro atoms. The molecule has 3 heterocycles. The topological polar surface area (TPSA) is 127 Å². The van der Waals surface area contributed by atoms with Crippen LogP contribution in [-0.2, 0) is 19.9 Å². The van der Waals surface area contributed by atoms with E-state index in [0.717, 1.165) is 17.5 Å². The van der Waals surface area contributed by atoms with Crippen LogP contribution in [0.4, 0.5) is 26.0 Å². The molecule has 0 bridgehead atoms. The lowest BCUT2D eigenvalue weighted by molar-refractivity contribution is 0.572. The Kier molecular flexibility index (Phi) is 7.99. The van der Waals surface area contributed by atoms with Gasteiger partial charge >= 0.3 is 0 Å². The monoisotopic (exact) mass is 624 g/mol. The summed E-state index contributed by atoms with van der Waals surface area (Å²) < 4.78 is 83.5. The second-order valence-electron chi connectivity index (χ2n) is 9.52. The molecular formula is C29H26F2N6O4S2. The Morgan fingerprint density at radius 2 is 1.70 bits per heavy atom. The first kappa shape index (κ1) is 29.8. The third-order valence-corrected chi connectivity index (χ3v) is 9.51. The first-order valence-electron chi connectivity index (χ1n) is 12.9. The number of nitrogens with zero attached hydrogens (tertiary/aromatic N) is 5. The molecule has 0 fully saturated rings. The summed E-state index contributed by atoms with van der Waals surface area (Å²) in [5, 5.41) is 0.877. The number of sulfonamides is 1. The van der Waals surface area contributed by atoms with Gasteiger partial charge in [-0.05, 0) is 55.0 Å². The lowest BCUT2D eigenvalue weighted by Crippen LogP contribution is -2.18. The molecule has 0 aliphatic carbocycles. The van der Waals surface area contributed by atoms with Gasteiger partial charge in [-0.25, -0.2) is 40.6 Å². The van der Waals surface area contributed by atoms with Gasteiger partial charge < -0.3 is 9.47 Å². The maximum absolute atomic E-state index is 15.8. The molecule has 0 saturated carbocycles. The van der Waals surface area contributed by atoms with Crippen molar-refractivity contribution in [3.63, 3.8) is 0 Å². The summed E-state index contributed by atoms with van der Waals surface area (Å²) >= 11 is 0. The lowest BCUT2D eigenvalue weighted by atomic mass is 10.1. The number of nitrogens with one attached hydrogen (secondary N) is 1. The fourth-order valence-corrected chi connectivity index (χ4v) is 6.37. The van der Waals surface area contributed by atoms with Crippen LogP contribution in [0.25, 0.3) is 27.8 Å². The number of aromatic nitrogens is 4. The van der Waals surface area contributed by atoms with Gasteiger partial charge in [-0.15, -0.1) is 0 Å². The largest absolute Gasteiger partial charge is 0.329 e. The highest BCUT2D eigenvalue weighted by Gasteiger charge is 2.23. The number of sulfone groups is 1. The Labute approximate surface area is 247 Å². The third kappa shape index (κ3) is 5.83. The smallest absolute Gasteiger partial charge is 0.232 e. The average Bonchev–Trinajstić information content (AvgIpc) is 3.37. The Hall–Kier alpha value is -4.69. The van der Waals surface area contributed by atoms with Crippen molar-refractivity contribution in [3.05, 3.63) is 97.1 Å². The van der Waals surface area contributed by atoms with Gasteiger partial charge in [0, 0.05) is 47.9 Å². The van der Waals surface area contributed by atoms with Gasteiger partial charge in [0.2, 0.25) is 10.0 Å². The average molecular weight is 625 g/mol. The van der Waals surface area contributed by atoms with E-state index in [2.05, 4.69) is 21.3 Å². The van der Waals surface area contributed by atoms with E-state index < -0.39 is 37.2 Å². The van der Waals surface area contributed by atoms with Gasteiger partial charge in [-0.1, -0.05) is 13.5 Å². The summed E-state index contributed by atoms with van der Waals surface area (Å²) in [4.78, 5) is 14.7. The zero-order valence-corrected chi connectivity index (χ0v) is 24.7. The zero-order valence-electron chi connectivity index (χ0n) is 23.1. The Bertz CT molecular complexity index is 2050. The third-order valence-electron chi connectivity index (χ3n) is 6.67. The van der Waals surface area contributed by atoms with Crippen molar-refractivity contribution in [1.29, 1.82) is 0 Å². The van der Waals surface area contributed by atoms with E-state index in [1.165, 1.54) is 41.6 Å². The second kappa shape index (κ2) is 11.5. The van der Waals surface area contributed by atoms with E-state index in [0.29, 0.717) is 40.1 Å². The maximum Gasteiger partial charge on any atom is 0.232 e. The number of fused-ring (bicyclic) bond motifs is 1. The van der Waals surface area contributed by atoms with Crippen LogP contribution in [0.5, 0.6) is 0 Å². The molecule has 222 valence electrons. The molecule has 0 amide bonds. The Morgan fingerprint density at radius 1 is 1.00 bits per heavy atom. The molecule has 2 aromatic carbocycles.